The van der Waals surface area contributed by atoms with Crippen LogP contribution in [0.25, 0.3) is 0 Å². The lowest BCUT2D eigenvalue weighted by molar-refractivity contribution is -0.137. The Labute approximate surface area is 108 Å². The fraction of sp³-hybridized carbons (Fsp3) is 0.417. The zero-order valence-corrected chi connectivity index (χ0v) is 10.6. The Hall–Kier alpha value is -1.17. The lowest BCUT2D eigenvalue weighted by Crippen LogP contribution is -2.09. The normalized spacial score (nSPS) is 19.8. The van der Waals surface area contributed by atoms with Crippen LogP contribution in [0.5, 0.6) is 0 Å². The van der Waals surface area contributed by atoms with Crippen LogP contribution < -0.4 is 5.32 Å². The first-order chi connectivity index (χ1) is 8.49. The molecule has 2 nitrogen and oxygen atoms in total. The SMILES string of the molecule is CCC1CN=C(Nc2cccc(C(F)(F)F)c2)S1. The standard InChI is InChI=1S/C12H13F3N2S/c1-2-10-7-16-11(18-10)17-9-5-3-4-8(6-9)12(13,14)15/h3-6,10H,2,7H2,1H3,(H,16,17). The number of thioether (sulfide) groups is 1. The molecule has 1 aromatic rings. The van der Waals surface area contributed by atoms with Gasteiger partial charge >= 0.3 is 6.18 Å². The number of amidine groups is 1. The molecule has 0 saturated carbocycles. The molecule has 1 atom stereocenters. The molecule has 1 N–H and O–H groups in total. The second kappa shape index (κ2) is 5.22. The molecule has 0 saturated heterocycles. The van der Waals surface area contributed by atoms with Crippen LogP contribution in [0.1, 0.15) is 18.9 Å². The fourth-order valence-corrected chi connectivity index (χ4v) is 2.55. The monoisotopic (exact) mass is 274 g/mol. The Morgan fingerprint density at radius 2 is 2.22 bits per heavy atom. The zero-order chi connectivity index (χ0) is 13.2. The first-order valence-corrected chi connectivity index (χ1v) is 6.52. The number of anilines is 1. The van der Waals surface area contributed by atoms with Gasteiger partial charge in [-0.15, -0.1) is 0 Å². The lowest BCUT2D eigenvalue weighted by Gasteiger charge is -2.10. The van der Waals surface area contributed by atoms with Gasteiger partial charge in [0.05, 0.1) is 12.1 Å². The van der Waals surface area contributed by atoms with E-state index in [1.807, 2.05) is 0 Å². The Kier molecular flexibility index (Phi) is 3.85. The van der Waals surface area contributed by atoms with Gasteiger partial charge in [-0.05, 0) is 24.6 Å². The molecule has 6 heteroatoms. The van der Waals surface area contributed by atoms with Crippen LogP contribution >= 0.6 is 11.8 Å². The van der Waals surface area contributed by atoms with Gasteiger partial charge in [0.15, 0.2) is 5.17 Å². The minimum absolute atomic E-state index is 0.424. The van der Waals surface area contributed by atoms with Crippen molar-refractivity contribution >= 4 is 22.6 Å². The van der Waals surface area contributed by atoms with Crippen molar-refractivity contribution in [3.05, 3.63) is 29.8 Å². The molecular weight excluding hydrogens is 261 g/mol. The molecule has 0 fully saturated rings. The number of hydrogen-bond acceptors (Lipinski definition) is 3. The number of benzene rings is 1. The number of aliphatic imine (C=N–C) groups is 1. The number of nitrogens with zero attached hydrogens (tertiary/aromatic N) is 1. The van der Waals surface area contributed by atoms with Crippen LogP contribution in [-0.2, 0) is 6.18 Å². The van der Waals surface area contributed by atoms with E-state index in [1.165, 1.54) is 6.07 Å². The number of rotatable bonds is 2. The van der Waals surface area contributed by atoms with Gasteiger partial charge in [-0.3, -0.25) is 4.99 Å². The molecule has 1 heterocycles. The van der Waals surface area contributed by atoms with E-state index < -0.39 is 11.7 Å². The number of alkyl halides is 3. The second-order valence-electron chi connectivity index (χ2n) is 4.00. The van der Waals surface area contributed by atoms with Gasteiger partial charge in [-0.25, -0.2) is 0 Å². The Bertz CT molecular complexity index is 457. The quantitative estimate of drug-likeness (QED) is 0.881. The highest BCUT2D eigenvalue weighted by Gasteiger charge is 2.30. The lowest BCUT2D eigenvalue weighted by atomic mass is 10.2. The van der Waals surface area contributed by atoms with Crippen molar-refractivity contribution in [1.82, 2.24) is 0 Å². The minimum Gasteiger partial charge on any atom is -0.335 e. The van der Waals surface area contributed by atoms with Crippen LogP contribution in [0.4, 0.5) is 18.9 Å². The number of halogens is 3. The highest BCUT2D eigenvalue weighted by molar-refractivity contribution is 8.15. The zero-order valence-electron chi connectivity index (χ0n) is 9.79. The molecule has 1 aliphatic heterocycles. The fourth-order valence-electron chi connectivity index (χ4n) is 1.60. The summed E-state index contributed by atoms with van der Waals surface area (Å²) in [4.78, 5) is 4.26. The van der Waals surface area contributed by atoms with Crippen molar-refractivity contribution < 1.29 is 13.2 Å². The smallest absolute Gasteiger partial charge is 0.335 e. The molecule has 0 spiro atoms. The van der Waals surface area contributed by atoms with Gasteiger partial charge in [-0.1, -0.05) is 24.8 Å². The maximum atomic E-state index is 12.5. The highest BCUT2D eigenvalue weighted by atomic mass is 32.2. The molecule has 0 aromatic heterocycles. The van der Waals surface area contributed by atoms with Gasteiger partial charge in [0.25, 0.3) is 0 Å². The maximum absolute atomic E-state index is 12.5. The van der Waals surface area contributed by atoms with Crippen LogP contribution in [0.15, 0.2) is 29.3 Å². The maximum Gasteiger partial charge on any atom is 0.416 e. The van der Waals surface area contributed by atoms with Crippen LogP contribution in [0.2, 0.25) is 0 Å². The number of hydrogen-bond donors (Lipinski definition) is 1. The average molecular weight is 274 g/mol. The van der Waals surface area contributed by atoms with Crippen LogP contribution in [-0.4, -0.2) is 17.0 Å². The van der Waals surface area contributed by atoms with Gasteiger partial charge in [-0.2, -0.15) is 13.2 Å². The van der Waals surface area contributed by atoms with Crippen LogP contribution in [0, 0.1) is 0 Å². The summed E-state index contributed by atoms with van der Waals surface area (Å²) in [5.41, 5.74) is -0.226. The Balaban J connectivity index is 2.07. The molecular formula is C12H13F3N2S. The van der Waals surface area contributed by atoms with E-state index in [9.17, 15) is 13.2 Å². The molecule has 18 heavy (non-hydrogen) atoms. The summed E-state index contributed by atoms with van der Waals surface area (Å²) in [6, 6.07) is 5.16. The van der Waals surface area contributed by atoms with Crippen molar-refractivity contribution in [3.8, 4) is 0 Å². The first-order valence-electron chi connectivity index (χ1n) is 5.64. The van der Waals surface area contributed by atoms with E-state index in [0.717, 1.165) is 25.1 Å². The largest absolute Gasteiger partial charge is 0.416 e. The van der Waals surface area contributed by atoms with E-state index in [-0.39, 0.29) is 0 Å². The molecule has 0 bridgehead atoms. The van der Waals surface area contributed by atoms with Crippen molar-refractivity contribution in [3.63, 3.8) is 0 Å². The van der Waals surface area contributed by atoms with E-state index in [2.05, 4.69) is 17.2 Å². The number of nitrogens with one attached hydrogen (secondary N) is 1. The third-order valence-electron chi connectivity index (χ3n) is 2.61. The van der Waals surface area contributed by atoms with E-state index in [0.29, 0.717) is 16.1 Å². The van der Waals surface area contributed by atoms with Crippen molar-refractivity contribution in [2.75, 3.05) is 11.9 Å². The predicted octanol–water partition coefficient (Wildman–Crippen LogP) is 4.00. The second-order valence-corrected chi connectivity index (χ2v) is 5.29. The molecule has 1 unspecified atom stereocenters. The van der Waals surface area contributed by atoms with Crippen LogP contribution in [0.3, 0.4) is 0 Å². The average Bonchev–Trinajstić information content (AvgIpc) is 2.76. The molecule has 0 aliphatic carbocycles. The van der Waals surface area contributed by atoms with E-state index in [4.69, 9.17) is 0 Å². The summed E-state index contributed by atoms with van der Waals surface area (Å²) in [6.07, 6.45) is -3.31. The van der Waals surface area contributed by atoms with E-state index in [1.54, 1.807) is 17.8 Å². The molecule has 1 aliphatic rings. The van der Waals surface area contributed by atoms with Crippen molar-refractivity contribution in [2.24, 2.45) is 4.99 Å². The Morgan fingerprint density at radius 1 is 1.44 bits per heavy atom. The van der Waals surface area contributed by atoms with Gasteiger partial charge < -0.3 is 5.32 Å². The Morgan fingerprint density at radius 3 is 2.83 bits per heavy atom. The molecule has 2 rings (SSSR count). The summed E-state index contributed by atoms with van der Waals surface area (Å²) in [7, 11) is 0. The molecule has 0 amide bonds. The van der Waals surface area contributed by atoms with Gasteiger partial charge in [0.1, 0.15) is 0 Å². The summed E-state index contributed by atoms with van der Waals surface area (Å²) >= 11 is 1.58. The molecule has 0 radical (unpaired) electrons. The van der Waals surface area contributed by atoms with Gasteiger partial charge in [0.2, 0.25) is 0 Å². The molecule has 98 valence electrons. The van der Waals surface area contributed by atoms with Crippen molar-refractivity contribution in [1.29, 1.82) is 0 Å². The first kappa shape index (κ1) is 13.3. The topological polar surface area (TPSA) is 24.4 Å². The highest BCUT2D eigenvalue weighted by Crippen LogP contribution is 2.31. The molecule has 1 aromatic carbocycles. The third-order valence-corrected chi connectivity index (χ3v) is 3.88. The summed E-state index contributed by atoms with van der Waals surface area (Å²) in [5, 5.41) is 4.06. The van der Waals surface area contributed by atoms with E-state index >= 15 is 0 Å². The summed E-state index contributed by atoms with van der Waals surface area (Å²) < 4.78 is 37.6. The third kappa shape index (κ3) is 3.19. The van der Waals surface area contributed by atoms with Gasteiger partial charge in [0, 0.05) is 10.9 Å². The van der Waals surface area contributed by atoms with Crippen molar-refractivity contribution in [2.45, 2.75) is 24.8 Å². The predicted molar refractivity (Wildman–Crippen MR) is 69.0 cm³/mol. The summed E-state index contributed by atoms with van der Waals surface area (Å²) in [6.45, 7) is 2.79. The summed E-state index contributed by atoms with van der Waals surface area (Å²) in [5.74, 6) is 0. The minimum atomic E-state index is -4.31.